The second-order valence-corrected chi connectivity index (χ2v) is 6.20. The molecule has 0 N–H and O–H groups in total. The van der Waals surface area contributed by atoms with Crippen molar-refractivity contribution >= 4 is 39.1 Å². The zero-order chi connectivity index (χ0) is 11.8. The Morgan fingerprint density at radius 3 is 3.18 bits per heavy atom. The lowest BCUT2D eigenvalue weighted by Gasteiger charge is -2.30. The predicted octanol–water partition coefficient (Wildman–Crippen LogP) is 4.09. The summed E-state index contributed by atoms with van der Waals surface area (Å²) in [5, 5.41) is 0.261. The van der Waals surface area contributed by atoms with E-state index in [-0.39, 0.29) is 5.38 Å². The molecular formula is C13H14BrClN2. The normalized spacial score (nSPS) is 23.5. The maximum atomic E-state index is 6.29. The summed E-state index contributed by atoms with van der Waals surface area (Å²) in [6.07, 6.45) is 3.30. The highest BCUT2D eigenvalue weighted by atomic mass is 79.9. The maximum absolute atomic E-state index is 6.29. The van der Waals surface area contributed by atoms with Crippen LogP contribution in [0, 0.1) is 0 Å². The van der Waals surface area contributed by atoms with Crippen molar-refractivity contribution in [1.29, 1.82) is 0 Å². The molecule has 1 aromatic rings. The van der Waals surface area contributed by atoms with E-state index in [0.717, 1.165) is 42.5 Å². The van der Waals surface area contributed by atoms with E-state index in [9.17, 15) is 0 Å². The molecule has 1 atom stereocenters. The standard InChI is InChI=1S/C13H14BrClN2/c14-10-4-5-12-9(6-10)7-17-8-11(15)2-1-3-13(17)16-12/h4-6,11H,1-3,7-8H2. The maximum Gasteiger partial charge on any atom is 0.105 e. The third-order valence-electron chi connectivity index (χ3n) is 3.35. The highest BCUT2D eigenvalue weighted by Crippen LogP contribution is 2.31. The van der Waals surface area contributed by atoms with Crippen LogP contribution in [0.2, 0.25) is 0 Å². The monoisotopic (exact) mass is 312 g/mol. The molecule has 1 fully saturated rings. The quantitative estimate of drug-likeness (QED) is 0.659. The van der Waals surface area contributed by atoms with E-state index in [1.54, 1.807) is 0 Å². The van der Waals surface area contributed by atoms with Crippen molar-refractivity contribution in [2.75, 3.05) is 6.54 Å². The minimum atomic E-state index is 0.261. The van der Waals surface area contributed by atoms with Crippen molar-refractivity contribution in [2.45, 2.75) is 31.2 Å². The summed E-state index contributed by atoms with van der Waals surface area (Å²) in [5.41, 5.74) is 2.40. The van der Waals surface area contributed by atoms with Crippen LogP contribution in [-0.2, 0) is 6.54 Å². The molecule has 1 unspecified atom stereocenters. The second kappa shape index (κ2) is 4.62. The van der Waals surface area contributed by atoms with Crippen LogP contribution >= 0.6 is 27.5 Å². The van der Waals surface area contributed by atoms with Gasteiger partial charge in [-0.25, -0.2) is 4.99 Å². The van der Waals surface area contributed by atoms with Crippen molar-refractivity contribution in [2.24, 2.45) is 4.99 Å². The van der Waals surface area contributed by atoms with E-state index < -0.39 is 0 Å². The van der Waals surface area contributed by atoms with Gasteiger partial charge in [-0.1, -0.05) is 15.9 Å². The lowest BCUT2D eigenvalue weighted by molar-refractivity contribution is 0.406. The lowest BCUT2D eigenvalue weighted by atomic mass is 10.1. The fourth-order valence-corrected chi connectivity index (χ4v) is 3.22. The Kier molecular flexibility index (Phi) is 3.14. The minimum Gasteiger partial charge on any atom is -0.354 e. The smallest absolute Gasteiger partial charge is 0.105 e. The summed E-state index contributed by atoms with van der Waals surface area (Å²) in [7, 11) is 0. The lowest BCUT2D eigenvalue weighted by Crippen LogP contribution is -2.34. The van der Waals surface area contributed by atoms with Crippen molar-refractivity contribution in [1.82, 2.24) is 4.90 Å². The molecule has 0 amide bonds. The Morgan fingerprint density at radius 1 is 1.41 bits per heavy atom. The first-order valence-corrected chi connectivity index (χ1v) is 7.20. The van der Waals surface area contributed by atoms with Crippen LogP contribution < -0.4 is 0 Å². The molecule has 3 rings (SSSR count). The van der Waals surface area contributed by atoms with Gasteiger partial charge in [-0.15, -0.1) is 11.6 Å². The molecule has 1 aromatic carbocycles. The fourth-order valence-electron chi connectivity index (χ4n) is 2.49. The van der Waals surface area contributed by atoms with Crippen LogP contribution in [0.3, 0.4) is 0 Å². The summed E-state index contributed by atoms with van der Waals surface area (Å²) in [6.45, 7) is 1.86. The Bertz CT molecular complexity index is 472. The van der Waals surface area contributed by atoms with Gasteiger partial charge in [0.05, 0.1) is 11.1 Å². The first kappa shape index (κ1) is 11.5. The number of rotatable bonds is 0. The first-order chi connectivity index (χ1) is 8.22. The van der Waals surface area contributed by atoms with Crippen LogP contribution in [0.15, 0.2) is 27.7 Å². The van der Waals surface area contributed by atoms with Gasteiger partial charge in [-0.2, -0.15) is 0 Å². The number of hydrogen-bond donors (Lipinski definition) is 0. The van der Waals surface area contributed by atoms with Gasteiger partial charge in [-0.05, 0) is 36.6 Å². The van der Waals surface area contributed by atoms with E-state index in [4.69, 9.17) is 16.6 Å². The van der Waals surface area contributed by atoms with Crippen LogP contribution in [-0.4, -0.2) is 22.7 Å². The van der Waals surface area contributed by atoms with Gasteiger partial charge in [0.1, 0.15) is 5.84 Å². The molecule has 4 heteroatoms. The van der Waals surface area contributed by atoms with E-state index in [1.165, 1.54) is 11.4 Å². The van der Waals surface area contributed by atoms with Gasteiger partial charge in [-0.3, -0.25) is 0 Å². The molecule has 0 spiro atoms. The van der Waals surface area contributed by atoms with Gasteiger partial charge in [0.25, 0.3) is 0 Å². The van der Waals surface area contributed by atoms with Crippen LogP contribution in [0.25, 0.3) is 0 Å². The third-order valence-corrected chi connectivity index (χ3v) is 4.20. The van der Waals surface area contributed by atoms with Crippen LogP contribution in [0.4, 0.5) is 5.69 Å². The SMILES string of the molecule is ClC1CCCC2=Nc3ccc(Br)cc3CN2C1. The Hall–Kier alpha value is -0.540. The zero-order valence-corrected chi connectivity index (χ0v) is 11.8. The molecule has 0 aromatic heterocycles. The number of hydrogen-bond acceptors (Lipinski definition) is 2. The molecule has 0 aliphatic carbocycles. The van der Waals surface area contributed by atoms with Crippen molar-refractivity contribution < 1.29 is 0 Å². The average Bonchev–Trinajstić information content (AvgIpc) is 2.46. The van der Waals surface area contributed by atoms with Gasteiger partial charge in [0, 0.05) is 24.0 Å². The molecular weight excluding hydrogens is 300 g/mol. The average molecular weight is 314 g/mol. The van der Waals surface area contributed by atoms with Crippen LogP contribution in [0.5, 0.6) is 0 Å². The van der Waals surface area contributed by atoms with Crippen molar-refractivity contribution in [3.05, 3.63) is 28.2 Å². The van der Waals surface area contributed by atoms with Crippen LogP contribution in [0.1, 0.15) is 24.8 Å². The fraction of sp³-hybridized carbons (Fsp3) is 0.462. The third kappa shape index (κ3) is 2.36. The van der Waals surface area contributed by atoms with Crippen molar-refractivity contribution in [3.63, 3.8) is 0 Å². The molecule has 0 bridgehead atoms. The summed E-state index contributed by atoms with van der Waals surface area (Å²) < 4.78 is 1.12. The molecule has 0 saturated carbocycles. The number of benzene rings is 1. The Morgan fingerprint density at radius 2 is 2.29 bits per heavy atom. The number of nitrogens with zero attached hydrogens (tertiary/aromatic N) is 2. The van der Waals surface area contributed by atoms with E-state index >= 15 is 0 Å². The van der Waals surface area contributed by atoms with Gasteiger partial charge in [0.2, 0.25) is 0 Å². The largest absolute Gasteiger partial charge is 0.354 e. The number of amidine groups is 1. The van der Waals surface area contributed by atoms with E-state index in [2.05, 4.69) is 39.0 Å². The zero-order valence-electron chi connectivity index (χ0n) is 9.50. The Labute approximate surface area is 115 Å². The first-order valence-electron chi connectivity index (χ1n) is 5.97. The van der Waals surface area contributed by atoms with Gasteiger partial charge >= 0.3 is 0 Å². The highest BCUT2D eigenvalue weighted by Gasteiger charge is 2.24. The number of alkyl halides is 1. The second-order valence-electron chi connectivity index (χ2n) is 4.67. The molecule has 17 heavy (non-hydrogen) atoms. The molecule has 2 aliphatic heterocycles. The summed E-state index contributed by atoms with van der Waals surface area (Å²) >= 11 is 9.81. The summed E-state index contributed by atoms with van der Waals surface area (Å²) in [4.78, 5) is 7.10. The van der Waals surface area contributed by atoms with E-state index in [1.807, 2.05) is 0 Å². The topological polar surface area (TPSA) is 15.6 Å². The number of fused-ring (bicyclic) bond motifs is 2. The predicted molar refractivity (Wildman–Crippen MR) is 75.1 cm³/mol. The van der Waals surface area contributed by atoms with Gasteiger partial charge in [0.15, 0.2) is 0 Å². The summed E-state index contributed by atoms with van der Waals surface area (Å²) in [5.74, 6) is 1.21. The van der Waals surface area contributed by atoms with E-state index in [0.29, 0.717) is 0 Å². The van der Waals surface area contributed by atoms with Crippen molar-refractivity contribution in [3.8, 4) is 0 Å². The molecule has 0 radical (unpaired) electrons. The molecule has 2 aliphatic rings. The molecule has 2 nitrogen and oxygen atoms in total. The molecule has 1 saturated heterocycles. The molecule has 2 heterocycles. The number of halogens is 2. The summed E-state index contributed by atoms with van der Waals surface area (Å²) in [6, 6.07) is 6.30. The highest BCUT2D eigenvalue weighted by molar-refractivity contribution is 9.10. The number of aliphatic imine (C=N–C) groups is 1. The Balaban J connectivity index is 1.97. The molecule has 90 valence electrons. The minimum absolute atomic E-state index is 0.261. The van der Waals surface area contributed by atoms with Gasteiger partial charge < -0.3 is 4.90 Å².